The highest BCUT2D eigenvalue weighted by Gasteiger charge is 2.10. The van der Waals surface area contributed by atoms with Gasteiger partial charge in [0.25, 0.3) is 0 Å². The van der Waals surface area contributed by atoms with Crippen molar-refractivity contribution in [1.29, 1.82) is 0 Å². The Hall–Kier alpha value is -0.760. The number of allylic oxidation sites excluding steroid dienone is 3. The number of nitrogens with one attached hydrogen (secondary N) is 1. The average molecular weight is 208 g/mol. The van der Waals surface area contributed by atoms with E-state index in [0.717, 1.165) is 19.6 Å². The first-order chi connectivity index (χ1) is 6.87. The summed E-state index contributed by atoms with van der Waals surface area (Å²) in [4.78, 5) is 2.34. The van der Waals surface area contributed by atoms with Crippen molar-refractivity contribution < 1.29 is 0 Å². The van der Waals surface area contributed by atoms with Crippen molar-refractivity contribution in [3.8, 4) is 0 Å². The van der Waals surface area contributed by atoms with Gasteiger partial charge in [-0.15, -0.1) is 0 Å². The summed E-state index contributed by atoms with van der Waals surface area (Å²) in [5.74, 6) is 0. The van der Waals surface area contributed by atoms with Crippen LogP contribution < -0.4 is 5.32 Å². The quantitative estimate of drug-likeness (QED) is 0.712. The molecule has 0 amide bonds. The molecule has 0 spiro atoms. The van der Waals surface area contributed by atoms with Gasteiger partial charge in [-0.2, -0.15) is 0 Å². The lowest BCUT2D eigenvalue weighted by Crippen LogP contribution is -2.39. The van der Waals surface area contributed by atoms with Crippen LogP contribution in [-0.4, -0.2) is 31.6 Å². The lowest BCUT2D eigenvalue weighted by atomic mass is 9.93. The van der Waals surface area contributed by atoms with Gasteiger partial charge in [0.05, 0.1) is 0 Å². The minimum atomic E-state index is 0.266. The maximum Gasteiger partial charge on any atom is 0.0379 e. The predicted molar refractivity (Wildman–Crippen MR) is 66.8 cm³/mol. The summed E-state index contributed by atoms with van der Waals surface area (Å²) in [7, 11) is 2.16. The van der Waals surface area contributed by atoms with E-state index in [1.807, 2.05) is 0 Å². The zero-order valence-corrected chi connectivity index (χ0v) is 10.7. The van der Waals surface area contributed by atoms with E-state index in [4.69, 9.17) is 0 Å². The predicted octanol–water partition coefficient (Wildman–Crippen LogP) is 2.40. The molecule has 15 heavy (non-hydrogen) atoms. The third-order valence-corrected chi connectivity index (χ3v) is 2.35. The van der Waals surface area contributed by atoms with Crippen molar-refractivity contribution in [2.75, 3.05) is 26.7 Å². The second-order valence-corrected chi connectivity index (χ2v) is 5.59. The third-order valence-electron chi connectivity index (χ3n) is 2.35. The average Bonchev–Trinajstić information content (AvgIpc) is 1.99. The first kappa shape index (κ1) is 12.3. The lowest BCUT2D eigenvalue weighted by molar-refractivity contribution is 0.323. The lowest BCUT2D eigenvalue weighted by Gasteiger charge is -2.26. The van der Waals surface area contributed by atoms with Crippen molar-refractivity contribution in [2.45, 2.75) is 27.7 Å². The normalized spacial score (nSPS) is 23.0. The van der Waals surface area contributed by atoms with Crippen LogP contribution in [0.15, 0.2) is 23.4 Å². The van der Waals surface area contributed by atoms with Crippen LogP contribution >= 0.6 is 0 Å². The zero-order chi connectivity index (χ0) is 11.5. The topological polar surface area (TPSA) is 15.3 Å². The Bertz CT molecular complexity index is 269. The second-order valence-electron chi connectivity index (χ2n) is 5.59. The summed E-state index contributed by atoms with van der Waals surface area (Å²) < 4.78 is 0. The minimum absolute atomic E-state index is 0.266. The Morgan fingerprint density at radius 2 is 2.07 bits per heavy atom. The van der Waals surface area contributed by atoms with E-state index in [9.17, 15) is 0 Å². The molecule has 0 saturated carbocycles. The molecular formula is C13H24N2. The second kappa shape index (κ2) is 4.84. The molecule has 0 bridgehead atoms. The van der Waals surface area contributed by atoms with Crippen LogP contribution in [-0.2, 0) is 0 Å². The van der Waals surface area contributed by atoms with Gasteiger partial charge in [0.15, 0.2) is 0 Å². The molecule has 0 atom stereocenters. The number of nitrogens with zero attached hydrogens (tertiary/aromatic N) is 1. The van der Waals surface area contributed by atoms with Gasteiger partial charge in [0, 0.05) is 25.3 Å². The van der Waals surface area contributed by atoms with E-state index in [1.165, 1.54) is 11.3 Å². The van der Waals surface area contributed by atoms with E-state index in [2.05, 4.69) is 57.1 Å². The highest BCUT2D eigenvalue weighted by molar-refractivity contribution is 5.24. The number of likely N-dealkylation sites (N-methyl/N-ethyl adjacent to an activating group) is 1. The van der Waals surface area contributed by atoms with Crippen LogP contribution in [0, 0.1) is 5.41 Å². The van der Waals surface area contributed by atoms with E-state index in [-0.39, 0.29) is 5.41 Å². The highest BCUT2D eigenvalue weighted by atomic mass is 15.2. The van der Waals surface area contributed by atoms with Crippen LogP contribution in [0.4, 0.5) is 0 Å². The van der Waals surface area contributed by atoms with Gasteiger partial charge >= 0.3 is 0 Å². The molecule has 0 unspecified atom stereocenters. The van der Waals surface area contributed by atoms with Crippen molar-refractivity contribution in [3.63, 3.8) is 0 Å². The Kier molecular flexibility index (Phi) is 3.97. The number of hydrogen-bond acceptors (Lipinski definition) is 2. The Morgan fingerprint density at radius 1 is 1.40 bits per heavy atom. The zero-order valence-electron chi connectivity index (χ0n) is 10.7. The SMILES string of the molecule is CC(/C=C1/CN(C)CCN1)=C\C(C)(C)C. The molecule has 86 valence electrons. The molecule has 0 aromatic heterocycles. The van der Waals surface area contributed by atoms with Crippen LogP contribution in [0.3, 0.4) is 0 Å². The molecule has 1 saturated heterocycles. The molecule has 1 heterocycles. The van der Waals surface area contributed by atoms with Crippen LogP contribution in [0.5, 0.6) is 0 Å². The van der Waals surface area contributed by atoms with Crippen LogP contribution in [0.1, 0.15) is 27.7 Å². The first-order valence-electron chi connectivity index (χ1n) is 5.69. The van der Waals surface area contributed by atoms with Crippen LogP contribution in [0.25, 0.3) is 0 Å². The van der Waals surface area contributed by atoms with Gasteiger partial charge in [0.1, 0.15) is 0 Å². The van der Waals surface area contributed by atoms with Crippen molar-refractivity contribution in [3.05, 3.63) is 23.4 Å². The molecule has 0 aromatic carbocycles. The fourth-order valence-electron chi connectivity index (χ4n) is 1.93. The van der Waals surface area contributed by atoms with Gasteiger partial charge in [-0.1, -0.05) is 32.4 Å². The molecule has 2 nitrogen and oxygen atoms in total. The molecule has 1 N–H and O–H groups in total. The van der Waals surface area contributed by atoms with Gasteiger partial charge < -0.3 is 5.32 Å². The van der Waals surface area contributed by atoms with E-state index >= 15 is 0 Å². The van der Waals surface area contributed by atoms with Crippen molar-refractivity contribution in [1.82, 2.24) is 10.2 Å². The molecule has 0 aromatic rings. The fourth-order valence-corrected chi connectivity index (χ4v) is 1.93. The van der Waals surface area contributed by atoms with Crippen molar-refractivity contribution >= 4 is 0 Å². The van der Waals surface area contributed by atoms with Gasteiger partial charge in [-0.3, -0.25) is 4.90 Å². The van der Waals surface area contributed by atoms with Gasteiger partial charge in [0.2, 0.25) is 0 Å². The Balaban J connectivity index is 2.66. The fraction of sp³-hybridized carbons (Fsp3) is 0.692. The molecule has 1 rings (SSSR count). The van der Waals surface area contributed by atoms with Crippen LogP contribution in [0.2, 0.25) is 0 Å². The summed E-state index contributed by atoms with van der Waals surface area (Å²) in [6, 6.07) is 0. The summed E-state index contributed by atoms with van der Waals surface area (Å²) in [5, 5.41) is 3.44. The maximum absolute atomic E-state index is 3.44. The summed E-state index contributed by atoms with van der Waals surface area (Å²) >= 11 is 0. The molecule has 1 aliphatic heterocycles. The minimum Gasteiger partial charge on any atom is -0.386 e. The summed E-state index contributed by atoms with van der Waals surface area (Å²) in [6.45, 7) is 12.1. The highest BCUT2D eigenvalue weighted by Crippen LogP contribution is 2.18. The first-order valence-corrected chi connectivity index (χ1v) is 5.69. The number of hydrogen-bond donors (Lipinski definition) is 1. The largest absolute Gasteiger partial charge is 0.386 e. The standard InChI is InChI=1S/C13H24N2/c1-11(9-13(2,3)4)8-12-10-15(5)7-6-14-12/h8-9,14H,6-7,10H2,1-5H3/b11-9+,12-8-. The molecule has 0 aliphatic carbocycles. The van der Waals surface area contributed by atoms with E-state index < -0.39 is 0 Å². The number of piperazine rings is 1. The maximum atomic E-state index is 3.44. The monoisotopic (exact) mass is 208 g/mol. The Morgan fingerprint density at radius 3 is 2.60 bits per heavy atom. The van der Waals surface area contributed by atoms with Gasteiger partial charge in [-0.05, 0) is 25.5 Å². The molecular weight excluding hydrogens is 184 g/mol. The molecule has 0 radical (unpaired) electrons. The molecule has 1 aliphatic rings. The molecule has 1 fully saturated rings. The van der Waals surface area contributed by atoms with E-state index in [0.29, 0.717) is 0 Å². The summed E-state index contributed by atoms with van der Waals surface area (Å²) in [6.07, 6.45) is 4.58. The molecule has 2 heteroatoms. The number of rotatable bonds is 1. The smallest absolute Gasteiger partial charge is 0.0379 e. The van der Waals surface area contributed by atoms with E-state index in [1.54, 1.807) is 0 Å². The van der Waals surface area contributed by atoms with Gasteiger partial charge in [-0.25, -0.2) is 0 Å². The third kappa shape index (κ3) is 5.03. The Labute approximate surface area is 94.0 Å². The summed E-state index contributed by atoms with van der Waals surface area (Å²) in [5.41, 5.74) is 2.95. The van der Waals surface area contributed by atoms with Crippen molar-refractivity contribution in [2.24, 2.45) is 5.41 Å².